The van der Waals surface area contributed by atoms with Gasteiger partial charge in [-0.3, -0.25) is 14.6 Å². The number of hydrogen-bond donors (Lipinski definition) is 1. The molecule has 0 radical (unpaired) electrons. The van der Waals surface area contributed by atoms with Gasteiger partial charge in [-0.1, -0.05) is 13.8 Å². The highest BCUT2D eigenvalue weighted by Crippen LogP contribution is 2.37. The first kappa shape index (κ1) is 25.2. The summed E-state index contributed by atoms with van der Waals surface area (Å²) in [6, 6.07) is 9.18. The number of fused-ring (bicyclic) bond motifs is 2. The van der Waals surface area contributed by atoms with Crippen LogP contribution >= 0.6 is 11.3 Å². The Morgan fingerprint density at radius 2 is 2.11 bits per heavy atom. The van der Waals surface area contributed by atoms with Gasteiger partial charge >= 0.3 is 0 Å². The predicted octanol–water partition coefficient (Wildman–Crippen LogP) is 5.78. The third-order valence-electron chi connectivity index (χ3n) is 6.55. The number of amides is 2. The molecule has 194 valence electrons. The predicted molar refractivity (Wildman–Crippen MR) is 144 cm³/mol. The van der Waals surface area contributed by atoms with Gasteiger partial charge in [-0.2, -0.15) is 0 Å². The number of hydrogen-bond acceptors (Lipinski definition) is 7. The minimum Gasteiger partial charge on any atom is -0.460 e. The molecule has 1 saturated heterocycles. The third kappa shape index (κ3) is 5.06. The smallest absolute Gasteiger partial charge is 0.264 e. The average molecular weight is 522 g/mol. The van der Waals surface area contributed by atoms with Crippen LogP contribution in [-0.2, 0) is 4.74 Å². The number of nitrogens with one attached hydrogen (secondary N) is 1. The lowest BCUT2D eigenvalue weighted by Gasteiger charge is -2.23. The van der Waals surface area contributed by atoms with Gasteiger partial charge in [0.25, 0.3) is 11.8 Å². The normalized spacial score (nSPS) is 15.7. The zero-order valence-electron chi connectivity index (χ0n) is 21.5. The lowest BCUT2D eigenvalue weighted by molar-refractivity contribution is 0.0635. The molecule has 1 aliphatic rings. The molecule has 0 saturated carbocycles. The van der Waals surface area contributed by atoms with E-state index in [9.17, 15) is 9.59 Å². The molecule has 4 heterocycles. The first-order valence-electron chi connectivity index (χ1n) is 12.5. The lowest BCUT2D eigenvalue weighted by Crippen LogP contribution is -2.37. The summed E-state index contributed by atoms with van der Waals surface area (Å²) >= 11 is 1.38. The highest BCUT2D eigenvalue weighted by molar-refractivity contribution is 7.21. The minimum absolute atomic E-state index is 0.00394. The number of carbonyl (C=O) groups is 2. The Labute approximate surface area is 219 Å². The van der Waals surface area contributed by atoms with Crippen molar-refractivity contribution in [1.29, 1.82) is 0 Å². The minimum atomic E-state index is -0.143. The van der Waals surface area contributed by atoms with Crippen molar-refractivity contribution in [2.45, 2.75) is 39.7 Å². The number of methoxy groups -OCH3 is 1. The summed E-state index contributed by atoms with van der Waals surface area (Å²) in [6.07, 6.45) is 3.61. The molecule has 4 aromatic rings. The maximum absolute atomic E-state index is 13.3. The van der Waals surface area contributed by atoms with Crippen LogP contribution in [0, 0.1) is 12.8 Å². The molecule has 3 aromatic heterocycles. The van der Waals surface area contributed by atoms with Crippen molar-refractivity contribution in [3.8, 4) is 11.5 Å². The Balaban J connectivity index is 1.40. The Morgan fingerprint density at radius 1 is 1.27 bits per heavy atom. The van der Waals surface area contributed by atoms with Crippen molar-refractivity contribution < 1.29 is 23.5 Å². The molecule has 37 heavy (non-hydrogen) atoms. The summed E-state index contributed by atoms with van der Waals surface area (Å²) < 4.78 is 18.2. The van der Waals surface area contributed by atoms with Crippen molar-refractivity contribution in [1.82, 2.24) is 15.2 Å². The summed E-state index contributed by atoms with van der Waals surface area (Å²) in [5, 5.41) is 3.70. The molecule has 0 aliphatic carbocycles. The molecule has 1 aromatic carbocycles. The third-order valence-corrected chi connectivity index (χ3v) is 7.67. The molecule has 1 atom stereocenters. The zero-order chi connectivity index (χ0) is 26.1. The van der Waals surface area contributed by atoms with Gasteiger partial charge in [0, 0.05) is 43.9 Å². The summed E-state index contributed by atoms with van der Waals surface area (Å²) in [6.45, 7) is 7.77. The number of rotatable bonds is 8. The van der Waals surface area contributed by atoms with Gasteiger partial charge in [0.1, 0.15) is 22.8 Å². The molecular formula is C28H31N3O5S. The van der Waals surface area contributed by atoms with E-state index in [1.165, 1.54) is 11.3 Å². The number of furan rings is 1. The number of nitrogens with zero attached hydrogens (tertiary/aromatic N) is 2. The van der Waals surface area contributed by atoms with Crippen molar-refractivity contribution in [3.63, 3.8) is 0 Å². The van der Waals surface area contributed by atoms with Crippen molar-refractivity contribution in [2.24, 2.45) is 5.92 Å². The molecule has 1 N–H and O–H groups in total. The van der Waals surface area contributed by atoms with E-state index in [-0.39, 0.29) is 17.9 Å². The first-order valence-corrected chi connectivity index (χ1v) is 13.3. The van der Waals surface area contributed by atoms with Gasteiger partial charge in [-0.25, -0.2) is 0 Å². The molecule has 2 amide bonds. The standard InChI is InChI=1S/C28H31N3O5S/c1-16(2)14-30-27(32)25-17(3)35-23-12-19(7-8-20(23)25)36-22-9-10-29-21-13-24(37-26(21)22)28(33)31-11-5-6-18(31)15-34-4/h7-10,12-13,16,18H,5-6,11,14-15H2,1-4H3,(H,30,32). The van der Waals surface area contributed by atoms with E-state index in [0.717, 1.165) is 29.5 Å². The van der Waals surface area contributed by atoms with Crippen LogP contribution in [0.25, 0.3) is 21.2 Å². The molecule has 5 rings (SSSR count). The largest absolute Gasteiger partial charge is 0.460 e. The number of ether oxygens (including phenoxy) is 2. The monoisotopic (exact) mass is 521 g/mol. The van der Waals surface area contributed by atoms with E-state index >= 15 is 0 Å². The van der Waals surface area contributed by atoms with Gasteiger partial charge in [0.15, 0.2) is 0 Å². The summed E-state index contributed by atoms with van der Waals surface area (Å²) in [7, 11) is 1.66. The maximum Gasteiger partial charge on any atom is 0.264 e. The summed E-state index contributed by atoms with van der Waals surface area (Å²) in [4.78, 5) is 33.0. The Hall–Kier alpha value is -3.43. The van der Waals surface area contributed by atoms with E-state index in [1.807, 2.05) is 23.1 Å². The summed E-state index contributed by atoms with van der Waals surface area (Å²) in [5.41, 5.74) is 1.84. The number of aryl methyl sites for hydroxylation is 1. The van der Waals surface area contributed by atoms with Crippen LogP contribution in [0.3, 0.4) is 0 Å². The fraction of sp³-hybridized carbons (Fsp3) is 0.393. The van der Waals surface area contributed by atoms with Gasteiger partial charge in [-0.15, -0.1) is 11.3 Å². The Kier molecular flexibility index (Phi) is 7.17. The van der Waals surface area contributed by atoms with Crippen LogP contribution in [0.15, 0.2) is 40.9 Å². The topological polar surface area (TPSA) is 93.9 Å². The average Bonchev–Trinajstić information content (AvgIpc) is 3.59. The highest BCUT2D eigenvalue weighted by atomic mass is 32.1. The zero-order valence-corrected chi connectivity index (χ0v) is 22.3. The Bertz CT molecular complexity index is 1460. The number of aromatic nitrogens is 1. The summed E-state index contributed by atoms with van der Waals surface area (Å²) in [5.74, 6) is 1.97. The number of benzene rings is 1. The van der Waals surface area contributed by atoms with Gasteiger partial charge in [-0.05, 0) is 43.9 Å². The molecule has 0 bridgehead atoms. The van der Waals surface area contributed by atoms with E-state index in [1.54, 1.807) is 32.4 Å². The van der Waals surface area contributed by atoms with Crippen LogP contribution in [-0.4, -0.2) is 54.5 Å². The van der Waals surface area contributed by atoms with E-state index in [0.29, 0.717) is 57.9 Å². The molecule has 8 nitrogen and oxygen atoms in total. The highest BCUT2D eigenvalue weighted by Gasteiger charge is 2.30. The van der Waals surface area contributed by atoms with E-state index in [4.69, 9.17) is 13.9 Å². The molecule has 1 fully saturated rings. The second-order valence-corrected chi connectivity index (χ2v) is 10.8. The van der Waals surface area contributed by atoms with Crippen molar-refractivity contribution in [3.05, 3.63) is 52.7 Å². The molecule has 1 aliphatic heterocycles. The fourth-order valence-electron chi connectivity index (χ4n) is 4.77. The van der Waals surface area contributed by atoms with Crippen LogP contribution < -0.4 is 10.1 Å². The molecule has 1 unspecified atom stereocenters. The second-order valence-electron chi connectivity index (χ2n) is 9.78. The Morgan fingerprint density at radius 3 is 2.89 bits per heavy atom. The number of carbonyl (C=O) groups excluding carboxylic acids is 2. The fourth-order valence-corrected chi connectivity index (χ4v) is 5.79. The molecular weight excluding hydrogens is 490 g/mol. The van der Waals surface area contributed by atoms with Crippen LogP contribution in [0.1, 0.15) is 52.5 Å². The quantitative estimate of drug-likeness (QED) is 0.316. The van der Waals surface area contributed by atoms with Crippen LogP contribution in [0.2, 0.25) is 0 Å². The van der Waals surface area contributed by atoms with Gasteiger partial charge in [0.2, 0.25) is 0 Å². The number of thiophene rings is 1. The molecule has 9 heteroatoms. The van der Waals surface area contributed by atoms with E-state index in [2.05, 4.69) is 24.1 Å². The van der Waals surface area contributed by atoms with Crippen molar-refractivity contribution >= 4 is 44.3 Å². The number of likely N-dealkylation sites (tertiary alicyclic amines) is 1. The maximum atomic E-state index is 13.3. The first-order chi connectivity index (χ1) is 17.9. The van der Waals surface area contributed by atoms with E-state index < -0.39 is 0 Å². The lowest BCUT2D eigenvalue weighted by atomic mass is 10.1. The van der Waals surface area contributed by atoms with Crippen molar-refractivity contribution in [2.75, 3.05) is 26.8 Å². The van der Waals surface area contributed by atoms with Gasteiger partial charge < -0.3 is 24.1 Å². The SMILES string of the molecule is COCC1CCCN1C(=O)c1cc2nccc(Oc3ccc4c(C(=O)NCC(C)C)c(C)oc4c3)c2s1. The second kappa shape index (κ2) is 10.5. The van der Waals surface area contributed by atoms with Crippen LogP contribution in [0.4, 0.5) is 0 Å². The molecule has 0 spiro atoms. The van der Waals surface area contributed by atoms with Crippen LogP contribution in [0.5, 0.6) is 11.5 Å². The number of pyridine rings is 1. The van der Waals surface area contributed by atoms with Gasteiger partial charge in [0.05, 0.1) is 33.3 Å².